The van der Waals surface area contributed by atoms with Crippen LogP contribution in [0, 0.1) is 0 Å². The van der Waals surface area contributed by atoms with E-state index in [9.17, 15) is 0 Å². The molecule has 72 valence electrons. The Labute approximate surface area is 87.3 Å². The molecule has 0 bridgehead atoms. The van der Waals surface area contributed by atoms with Crippen LogP contribution in [0.15, 0.2) is 12.4 Å². The van der Waals surface area contributed by atoms with Crippen molar-refractivity contribution in [1.29, 1.82) is 0 Å². The molecule has 13 heavy (non-hydrogen) atoms. The van der Waals surface area contributed by atoms with Gasteiger partial charge in [-0.15, -0.1) is 0 Å². The van der Waals surface area contributed by atoms with Crippen molar-refractivity contribution >= 4 is 21.6 Å². The van der Waals surface area contributed by atoms with Crippen molar-refractivity contribution in [2.45, 2.75) is 25.5 Å². The molecule has 0 saturated heterocycles. The van der Waals surface area contributed by atoms with Crippen molar-refractivity contribution in [1.82, 2.24) is 9.97 Å². The first kappa shape index (κ1) is 10.9. The van der Waals surface area contributed by atoms with E-state index in [0.29, 0.717) is 5.92 Å². The Kier molecular flexibility index (Phi) is 4.59. The quantitative estimate of drug-likeness (QED) is 0.719. The molecule has 0 aliphatic carbocycles. The maximum atomic E-state index is 4.29. The van der Waals surface area contributed by atoms with Gasteiger partial charge in [-0.2, -0.15) is 0 Å². The summed E-state index contributed by atoms with van der Waals surface area (Å²) in [6.07, 6.45) is 5.91. The summed E-state index contributed by atoms with van der Waals surface area (Å²) >= 11 is 0. The van der Waals surface area contributed by atoms with Crippen molar-refractivity contribution < 1.29 is 0 Å². The van der Waals surface area contributed by atoms with Crippen LogP contribution in [0.2, 0.25) is 0 Å². The van der Waals surface area contributed by atoms with Gasteiger partial charge in [0, 0.05) is 12.4 Å². The van der Waals surface area contributed by atoms with E-state index in [-0.39, 0.29) is 0 Å². The van der Waals surface area contributed by atoms with Crippen LogP contribution >= 0.6 is 21.6 Å². The molecule has 0 radical (unpaired) electrons. The number of nitrogens with zero attached hydrogens (tertiary/aromatic N) is 2. The largest absolute Gasteiger partial charge is 0.240 e. The number of rotatable bonds is 4. The van der Waals surface area contributed by atoms with Crippen LogP contribution in [-0.2, 0) is 5.75 Å². The minimum atomic E-state index is 0.516. The van der Waals surface area contributed by atoms with Gasteiger partial charge in [-0.3, -0.25) is 0 Å². The molecular weight excluding hydrogens is 200 g/mol. The van der Waals surface area contributed by atoms with E-state index in [4.69, 9.17) is 0 Å². The maximum Gasteiger partial charge on any atom is 0.138 e. The first-order chi connectivity index (χ1) is 6.24. The molecule has 1 aromatic rings. The van der Waals surface area contributed by atoms with Crippen molar-refractivity contribution in [3.8, 4) is 0 Å². The molecule has 1 aromatic heterocycles. The lowest BCUT2D eigenvalue weighted by molar-refractivity contribution is 0.836. The number of hydrogen-bond acceptors (Lipinski definition) is 4. The van der Waals surface area contributed by atoms with Crippen molar-refractivity contribution in [2.24, 2.45) is 0 Å². The second kappa shape index (κ2) is 5.50. The van der Waals surface area contributed by atoms with Crippen LogP contribution in [-0.4, -0.2) is 16.2 Å². The van der Waals surface area contributed by atoms with Gasteiger partial charge < -0.3 is 0 Å². The van der Waals surface area contributed by atoms with Crippen LogP contribution in [0.3, 0.4) is 0 Å². The second-order valence-electron chi connectivity index (χ2n) is 3.02. The van der Waals surface area contributed by atoms with Gasteiger partial charge in [-0.1, -0.05) is 35.4 Å². The van der Waals surface area contributed by atoms with Crippen LogP contribution < -0.4 is 0 Å². The molecule has 0 unspecified atom stereocenters. The smallest absolute Gasteiger partial charge is 0.138 e. The fourth-order valence-corrected chi connectivity index (χ4v) is 1.89. The fourth-order valence-electron chi connectivity index (χ4n) is 0.849. The molecule has 0 amide bonds. The monoisotopic (exact) mass is 214 g/mol. The predicted octanol–water partition coefficient (Wildman–Crippen LogP) is 3.11. The Morgan fingerprint density at radius 3 is 2.38 bits per heavy atom. The molecule has 0 aromatic carbocycles. The molecule has 0 spiro atoms. The van der Waals surface area contributed by atoms with Gasteiger partial charge in [-0.25, -0.2) is 9.97 Å². The van der Waals surface area contributed by atoms with Gasteiger partial charge in [0.2, 0.25) is 0 Å². The Bertz CT molecular complexity index is 246. The predicted molar refractivity (Wildman–Crippen MR) is 60.9 cm³/mol. The van der Waals surface area contributed by atoms with E-state index in [0.717, 1.165) is 11.6 Å². The van der Waals surface area contributed by atoms with Crippen molar-refractivity contribution in [2.75, 3.05) is 6.26 Å². The summed E-state index contributed by atoms with van der Waals surface area (Å²) in [5.74, 6) is 2.32. The van der Waals surface area contributed by atoms with Gasteiger partial charge in [0.1, 0.15) is 5.82 Å². The van der Waals surface area contributed by atoms with Crippen LogP contribution in [0.1, 0.15) is 31.2 Å². The molecule has 0 fully saturated rings. The normalized spacial score (nSPS) is 10.8. The summed E-state index contributed by atoms with van der Waals surface area (Å²) in [7, 11) is 3.51. The van der Waals surface area contributed by atoms with Crippen LogP contribution in [0.5, 0.6) is 0 Å². The van der Waals surface area contributed by atoms with E-state index in [1.807, 2.05) is 12.4 Å². The summed E-state index contributed by atoms with van der Waals surface area (Å²) in [6, 6.07) is 0. The third-order valence-corrected chi connectivity index (χ3v) is 3.37. The minimum absolute atomic E-state index is 0.516. The zero-order valence-electron chi connectivity index (χ0n) is 8.15. The third-order valence-electron chi connectivity index (χ3n) is 1.70. The Morgan fingerprint density at radius 1 is 1.31 bits per heavy atom. The zero-order valence-corrected chi connectivity index (χ0v) is 9.78. The van der Waals surface area contributed by atoms with Crippen molar-refractivity contribution in [3.63, 3.8) is 0 Å². The molecule has 0 aliphatic rings. The van der Waals surface area contributed by atoms with Crippen LogP contribution in [0.4, 0.5) is 0 Å². The highest BCUT2D eigenvalue weighted by Crippen LogP contribution is 2.21. The lowest BCUT2D eigenvalue weighted by atomic mass is 10.1. The first-order valence-electron chi connectivity index (χ1n) is 4.20. The first-order valence-corrected chi connectivity index (χ1v) is 6.93. The summed E-state index contributed by atoms with van der Waals surface area (Å²) in [5.41, 5.74) is 1.21. The fraction of sp³-hybridized carbons (Fsp3) is 0.556. The summed E-state index contributed by atoms with van der Waals surface area (Å²) in [4.78, 5) is 8.58. The van der Waals surface area contributed by atoms with Crippen LogP contribution in [0.25, 0.3) is 0 Å². The molecule has 2 nitrogen and oxygen atoms in total. The SMILES string of the molecule is CSSCc1ncc(C(C)C)cn1. The van der Waals surface area contributed by atoms with E-state index in [1.54, 1.807) is 21.6 Å². The highest BCUT2D eigenvalue weighted by atomic mass is 33.1. The van der Waals surface area contributed by atoms with Gasteiger partial charge in [0.05, 0.1) is 5.75 Å². The Hall–Kier alpha value is -0.220. The lowest BCUT2D eigenvalue weighted by Crippen LogP contribution is -1.95. The summed E-state index contributed by atoms with van der Waals surface area (Å²) in [5, 5.41) is 0. The van der Waals surface area contributed by atoms with E-state index < -0.39 is 0 Å². The number of hydrogen-bond donors (Lipinski definition) is 0. The standard InChI is InChI=1S/C9H14N2S2/c1-7(2)8-4-10-9(11-5-8)6-13-12-3/h4-5,7H,6H2,1-3H3. The third kappa shape index (κ3) is 3.56. The highest BCUT2D eigenvalue weighted by Gasteiger charge is 2.00. The van der Waals surface area contributed by atoms with Gasteiger partial charge >= 0.3 is 0 Å². The molecule has 0 saturated carbocycles. The Morgan fingerprint density at radius 2 is 1.92 bits per heavy atom. The van der Waals surface area contributed by atoms with Gasteiger partial charge in [0.15, 0.2) is 0 Å². The van der Waals surface area contributed by atoms with Gasteiger partial charge in [-0.05, 0) is 17.7 Å². The molecule has 1 heterocycles. The highest BCUT2D eigenvalue weighted by molar-refractivity contribution is 8.76. The maximum absolute atomic E-state index is 4.29. The molecular formula is C9H14N2S2. The summed E-state index contributed by atoms with van der Waals surface area (Å²) < 4.78 is 0. The van der Waals surface area contributed by atoms with E-state index in [1.165, 1.54) is 5.56 Å². The zero-order chi connectivity index (χ0) is 9.68. The number of aromatic nitrogens is 2. The molecule has 0 N–H and O–H groups in total. The molecule has 0 aliphatic heterocycles. The average molecular weight is 214 g/mol. The summed E-state index contributed by atoms with van der Waals surface area (Å²) in [6.45, 7) is 4.30. The van der Waals surface area contributed by atoms with E-state index >= 15 is 0 Å². The van der Waals surface area contributed by atoms with Gasteiger partial charge in [0.25, 0.3) is 0 Å². The average Bonchev–Trinajstić information content (AvgIpc) is 2.15. The molecule has 0 atom stereocenters. The molecule has 4 heteroatoms. The minimum Gasteiger partial charge on any atom is -0.240 e. The van der Waals surface area contributed by atoms with Crippen molar-refractivity contribution in [3.05, 3.63) is 23.8 Å². The van der Waals surface area contributed by atoms with E-state index in [2.05, 4.69) is 30.1 Å². The lowest BCUT2D eigenvalue weighted by Gasteiger charge is -2.04. The molecule has 1 rings (SSSR count). The topological polar surface area (TPSA) is 25.8 Å². The second-order valence-corrected chi connectivity index (χ2v) is 5.58. The Balaban J connectivity index is 2.59.